The highest BCUT2D eigenvalue weighted by atomic mass is 79.9. The minimum Gasteiger partial charge on any atom is -0.496 e. The highest BCUT2D eigenvalue weighted by molar-refractivity contribution is 9.10. The van der Waals surface area contributed by atoms with Gasteiger partial charge < -0.3 is 14.8 Å². The van der Waals surface area contributed by atoms with E-state index in [9.17, 15) is 0 Å². The highest BCUT2D eigenvalue weighted by Gasteiger charge is 2.02. The maximum absolute atomic E-state index is 5.29. The third-order valence-electron chi connectivity index (χ3n) is 2.26. The van der Waals surface area contributed by atoms with Crippen LogP contribution in [0, 0.1) is 0 Å². The van der Waals surface area contributed by atoms with E-state index >= 15 is 0 Å². The highest BCUT2D eigenvalue weighted by Crippen LogP contribution is 2.22. The summed E-state index contributed by atoms with van der Waals surface area (Å²) in [6.07, 6.45) is 1.02. The lowest BCUT2D eigenvalue weighted by Crippen LogP contribution is -2.16. The topological polar surface area (TPSA) is 30.5 Å². The summed E-state index contributed by atoms with van der Waals surface area (Å²) in [5, 5.41) is 3.36. The van der Waals surface area contributed by atoms with Crippen LogP contribution in [0.3, 0.4) is 0 Å². The largest absolute Gasteiger partial charge is 0.496 e. The second-order valence-electron chi connectivity index (χ2n) is 3.48. The Hall–Kier alpha value is -0.580. The molecule has 0 aliphatic heterocycles. The first kappa shape index (κ1) is 13.5. The number of rotatable bonds is 7. The fraction of sp³-hybridized carbons (Fsp3) is 0.500. The number of methoxy groups -OCH3 is 2. The lowest BCUT2D eigenvalue weighted by molar-refractivity contribution is 0.194. The van der Waals surface area contributed by atoms with E-state index in [1.54, 1.807) is 14.2 Å². The third kappa shape index (κ3) is 4.51. The molecule has 1 aromatic carbocycles. The summed E-state index contributed by atoms with van der Waals surface area (Å²) in [4.78, 5) is 0. The van der Waals surface area contributed by atoms with Gasteiger partial charge in [-0.2, -0.15) is 0 Å². The zero-order valence-electron chi connectivity index (χ0n) is 9.75. The minimum atomic E-state index is 0.794. The van der Waals surface area contributed by atoms with Gasteiger partial charge in [0.25, 0.3) is 0 Å². The first-order valence-corrected chi connectivity index (χ1v) is 6.09. The molecule has 0 amide bonds. The van der Waals surface area contributed by atoms with Crippen molar-refractivity contribution >= 4 is 15.9 Å². The average molecular weight is 288 g/mol. The number of nitrogens with one attached hydrogen (secondary N) is 1. The molecule has 0 bridgehead atoms. The van der Waals surface area contributed by atoms with Crippen molar-refractivity contribution in [2.75, 3.05) is 27.4 Å². The van der Waals surface area contributed by atoms with Crippen LogP contribution in [0.4, 0.5) is 0 Å². The number of ether oxygens (including phenoxy) is 2. The Kier molecular flexibility index (Phi) is 6.45. The first-order valence-electron chi connectivity index (χ1n) is 5.30. The van der Waals surface area contributed by atoms with E-state index in [0.717, 1.165) is 41.9 Å². The van der Waals surface area contributed by atoms with Gasteiger partial charge in [0, 0.05) is 30.3 Å². The summed E-state index contributed by atoms with van der Waals surface area (Å²) in [6, 6.07) is 6.02. The molecule has 90 valence electrons. The van der Waals surface area contributed by atoms with Gasteiger partial charge in [-0.05, 0) is 31.2 Å². The predicted molar refractivity (Wildman–Crippen MR) is 68.9 cm³/mol. The van der Waals surface area contributed by atoms with E-state index in [2.05, 4.69) is 27.3 Å². The van der Waals surface area contributed by atoms with Gasteiger partial charge in [0.05, 0.1) is 7.11 Å². The van der Waals surface area contributed by atoms with Crippen LogP contribution in [0.5, 0.6) is 5.75 Å². The monoisotopic (exact) mass is 287 g/mol. The van der Waals surface area contributed by atoms with Gasteiger partial charge in [-0.25, -0.2) is 0 Å². The van der Waals surface area contributed by atoms with Crippen LogP contribution in [0.15, 0.2) is 22.7 Å². The predicted octanol–water partition coefficient (Wildman–Crippen LogP) is 2.58. The Labute approximate surface area is 105 Å². The van der Waals surface area contributed by atoms with Gasteiger partial charge in [-0.3, -0.25) is 0 Å². The van der Waals surface area contributed by atoms with Gasteiger partial charge in [-0.1, -0.05) is 15.9 Å². The molecule has 1 aromatic rings. The summed E-state index contributed by atoms with van der Waals surface area (Å²) >= 11 is 3.46. The van der Waals surface area contributed by atoms with Crippen molar-refractivity contribution in [2.45, 2.75) is 13.0 Å². The Morgan fingerprint density at radius 1 is 1.31 bits per heavy atom. The molecule has 1 rings (SSSR count). The van der Waals surface area contributed by atoms with E-state index in [-0.39, 0.29) is 0 Å². The molecule has 0 radical (unpaired) electrons. The average Bonchev–Trinajstić information content (AvgIpc) is 2.29. The van der Waals surface area contributed by atoms with Crippen molar-refractivity contribution in [1.29, 1.82) is 0 Å². The zero-order chi connectivity index (χ0) is 11.8. The molecule has 0 fully saturated rings. The van der Waals surface area contributed by atoms with Gasteiger partial charge in [0.15, 0.2) is 0 Å². The quantitative estimate of drug-likeness (QED) is 0.782. The van der Waals surface area contributed by atoms with Gasteiger partial charge in [0.1, 0.15) is 5.75 Å². The molecular formula is C12H18BrNO2. The Morgan fingerprint density at radius 2 is 2.12 bits per heavy atom. The molecule has 3 nitrogen and oxygen atoms in total. The molecule has 0 atom stereocenters. The van der Waals surface area contributed by atoms with Crippen LogP contribution in [0.1, 0.15) is 12.0 Å². The van der Waals surface area contributed by atoms with Crippen molar-refractivity contribution in [2.24, 2.45) is 0 Å². The zero-order valence-corrected chi connectivity index (χ0v) is 11.3. The normalized spacial score (nSPS) is 10.4. The molecule has 4 heteroatoms. The summed E-state index contributed by atoms with van der Waals surface area (Å²) in [5.74, 6) is 0.919. The number of halogens is 1. The van der Waals surface area contributed by atoms with E-state index in [0.29, 0.717) is 0 Å². The molecule has 1 N–H and O–H groups in total. The molecule has 0 spiro atoms. The van der Waals surface area contributed by atoms with Crippen LogP contribution in [0.25, 0.3) is 0 Å². The molecule has 0 aromatic heterocycles. The summed E-state index contributed by atoms with van der Waals surface area (Å²) in [6.45, 7) is 2.55. The molecule has 0 heterocycles. The second kappa shape index (κ2) is 7.65. The molecule has 0 aliphatic carbocycles. The van der Waals surface area contributed by atoms with Crippen LogP contribution in [-0.4, -0.2) is 27.4 Å². The first-order chi connectivity index (χ1) is 7.77. The fourth-order valence-corrected chi connectivity index (χ4v) is 1.86. The maximum Gasteiger partial charge on any atom is 0.123 e. The molecule has 0 unspecified atom stereocenters. The van der Waals surface area contributed by atoms with E-state index in [1.807, 2.05) is 12.1 Å². The van der Waals surface area contributed by atoms with E-state index in [1.165, 1.54) is 0 Å². The van der Waals surface area contributed by atoms with E-state index in [4.69, 9.17) is 9.47 Å². The van der Waals surface area contributed by atoms with Crippen molar-refractivity contribution in [1.82, 2.24) is 5.32 Å². The number of benzene rings is 1. The van der Waals surface area contributed by atoms with Gasteiger partial charge in [0.2, 0.25) is 0 Å². The van der Waals surface area contributed by atoms with Crippen LogP contribution in [-0.2, 0) is 11.3 Å². The Morgan fingerprint density at radius 3 is 2.81 bits per heavy atom. The molecule has 0 saturated heterocycles. The van der Waals surface area contributed by atoms with Crippen LogP contribution in [0.2, 0.25) is 0 Å². The molecule has 16 heavy (non-hydrogen) atoms. The molecule has 0 aliphatic rings. The summed E-state index contributed by atoms with van der Waals surface area (Å²) < 4.78 is 11.4. The SMILES string of the molecule is COCCCNCc1cc(Br)ccc1OC. The Balaban J connectivity index is 2.42. The third-order valence-corrected chi connectivity index (χ3v) is 2.75. The number of hydrogen-bond donors (Lipinski definition) is 1. The van der Waals surface area contributed by atoms with Crippen molar-refractivity contribution in [3.05, 3.63) is 28.2 Å². The van der Waals surface area contributed by atoms with Gasteiger partial charge >= 0.3 is 0 Å². The standard InChI is InChI=1S/C12H18BrNO2/c1-15-7-3-6-14-9-10-8-11(13)4-5-12(10)16-2/h4-5,8,14H,3,6-7,9H2,1-2H3. The van der Waals surface area contributed by atoms with Crippen molar-refractivity contribution in [3.63, 3.8) is 0 Å². The summed E-state index contributed by atoms with van der Waals surface area (Å²) in [5.41, 5.74) is 1.16. The van der Waals surface area contributed by atoms with Crippen LogP contribution < -0.4 is 10.1 Å². The molecular weight excluding hydrogens is 270 g/mol. The number of hydrogen-bond acceptors (Lipinski definition) is 3. The second-order valence-corrected chi connectivity index (χ2v) is 4.39. The van der Waals surface area contributed by atoms with Crippen molar-refractivity contribution < 1.29 is 9.47 Å². The lowest BCUT2D eigenvalue weighted by atomic mass is 10.2. The fourth-order valence-electron chi connectivity index (χ4n) is 1.45. The van der Waals surface area contributed by atoms with E-state index < -0.39 is 0 Å². The smallest absolute Gasteiger partial charge is 0.123 e. The summed E-state index contributed by atoms with van der Waals surface area (Å²) in [7, 11) is 3.41. The maximum atomic E-state index is 5.29. The van der Waals surface area contributed by atoms with Crippen LogP contribution >= 0.6 is 15.9 Å². The van der Waals surface area contributed by atoms with Gasteiger partial charge in [-0.15, -0.1) is 0 Å². The van der Waals surface area contributed by atoms with Crippen molar-refractivity contribution in [3.8, 4) is 5.75 Å². The Bertz CT molecular complexity index is 318. The lowest BCUT2D eigenvalue weighted by Gasteiger charge is -2.10. The minimum absolute atomic E-state index is 0.794. The molecule has 0 saturated carbocycles.